The Morgan fingerprint density at radius 2 is 1.85 bits per heavy atom. The van der Waals surface area contributed by atoms with Crippen molar-refractivity contribution in [1.29, 1.82) is 5.26 Å². The Labute approximate surface area is 157 Å². The molecule has 8 heteroatoms. The van der Waals surface area contributed by atoms with Gasteiger partial charge in [-0.3, -0.25) is 4.79 Å². The number of H-pyrrole nitrogens is 1. The molecule has 0 saturated heterocycles. The van der Waals surface area contributed by atoms with Crippen LogP contribution < -0.4 is 10.3 Å². The van der Waals surface area contributed by atoms with Crippen LogP contribution in [0.2, 0.25) is 0 Å². The van der Waals surface area contributed by atoms with Crippen molar-refractivity contribution >= 4 is 11.8 Å². The highest BCUT2D eigenvalue weighted by atomic mass is 32.2. The first-order valence-corrected chi connectivity index (χ1v) is 8.99. The van der Waals surface area contributed by atoms with E-state index in [1.165, 1.54) is 11.8 Å². The topological polar surface area (TPSA) is 78.8 Å². The molecule has 0 unspecified atom stereocenters. The van der Waals surface area contributed by atoms with Crippen molar-refractivity contribution in [2.24, 2.45) is 0 Å². The Kier molecular flexibility index (Phi) is 5.52. The average molecular weight is 385 g/mol. The normalized spacial score (nSPS) is 10.4. The zero-order valence-electron chi connectivity index (χ0n) is 14.1. The highest BCUT2D eigenvalue weighted by molar-refractivity contribution is 7.98. The number of nitriles is 1. The summed E-state index contributed by atoms with van der Waals surface area (Å²) in [5.74, 6) is -1.34. The second kappa shape index (κ2) is 8.01. The van der Waals surface area contributed by atoms with Gasteiger partial charge in [-0.05, 0) is 11.8 Å². The van der Waals surface area contributed by atoms with Crippen LogP contribution in [0.3, 0.4) is 0 Å². The fourth-order valence-electron chi connectivity index (χ4n) is 2.40. The molecule has 0 amide bonds. The molecule has 3 aromatic rings. The van der Waals surface area contributed by atoms with E-state index >= 15 is 0 Å². The van der Waals surface area contributed by atoms with Crippen LogP contribution in [0.4, 0.5) is 8.78 Å². The van der Waals surface area contributed by atoms with Crippen LogP contribution in [0.25, 0.3) is 11.3 Å². The molecule has 0 saturated carbocycles. The molecule has 1 heterocycles. The van der Waals surface area contributed by atoms with Crippen molar-refractivity contribution in [1.82, 2.24) is 9.97 Å². The van der Waals surface area contributed by atoms with E-state index in [0.717, 1.165) is 23.8 Å². The van der Waals surface area contributed by atoms with Crippen molar-refractivity contribution < 1.29 is 13.5 Å². The number of nitrogens with zero attached hydrogens (tertiary/aromatic N) is 2. The Balaban J connectivity index is 1.83. The van der Waals surface area contributed by atoms with Gasteiger partial charge in [0.1, 0.15) is 35.6 Å². The predicted octanol–water partition coefficient (Wildman–Crippen LogP) is 3.89. The largest absolute Gasteiger partial charge is 0.489 e. The van der Waals surface area contributed by atoms with Crippen LogP contribution >= 0.6 is 11.8 Å². The second-order valence-electron chi connectivity index (χ2n) is 5.50. The van der Waals surface area contributed by atoms with Gasteiger partial charge in [-0.25, -0.2) is 13.8 Å². The summed E-state index contributed by atoms with van der Waals surface area (Å²) in [6.07, 6.45) is 1.77. The first-order valence-electron chi connectivity index (χ1n) is 7.77. The lowest BCUT2D eigenvalue weighted by Crippen LogP contribution is -2.14. The molecular formula is C19H13F2N3O2S. The summed E-state index contributed by atoms with van der Waals surface area (Å²) in [6, 6.07) is 11.7. The van der Waals surface area contributed by atoms with Gasteiger partial charge >= 0.3 is 0 Å². The molecule has 27 heavy (non-hydrogen) atoms. The number of nitrogens with one attached hydrogen (secondary N) is 1. The lowest BCUT2D eigenvalue weighted by atomic mass is 10.1. The summed E-state index contributed by atoms with van der Waals surface area (Å²) in [5.41, 5.74) is 1.09. The van der Waals surface area contributed by atoms with Crippen molar-refractivity contribution in [3.63, 3.8) is 0 Å². The highest BCUT2D eigenvalue weighted by Gasteiger charge is 2.13. The summed E-state index contributed by atoms with van der Waals surface area (Å²) in [7, 11) is 0. The molecule has 5 nitrogen and oxygen atoms in total. The Bertz CT molecular complexity index is 1060. The molecule has 0 aliphatic rings. The van der Waals surface area contributed by atoms with Gasteiger partial charge in [-0.2, -0.15) is 5.26 Å². The molecule has 0 fully saturated rings. The number of hydrogen-bond donors (Lipinski definition) is 1. The third-order valence-corrected chi connectivity index (χ3v) is 4.25. The number of ether oxygens (including phenoxy) is 1. The Morgan fingerprint density at radius 3 is 2.44 bits per heavy atom. The SMILES string of the molecule is CSc1nc(-c2ccc(COc3cc(F)cc(F)c3)cc2)c(C#N)c(=O)[nH]1. The minimum absolute atomic E-state index is 0.0629. The molecule has 3 rings (SSSR count). The fraction of sp³-hybridized carbons (Fsp3) is 0.105. The van der Waals surface area contributed by atoms with E-state index in [4.69, 9.17) is 4.74 Å². The van der Waals surface area contributed by atoms with Gasteiger partial charge in [-0.1, -0.05) is 36.0 Å². The first kappa shape index (κ1) is 18.6. The molecule has 1 N–H and O–H groups in total. The lowest BCUT2D eigenvalue weighted by molar-refractivity contribution is 0.302. The molecule has 0 radical (unpaired) electrons. The van der Waals surface area contributed by atoms with Gasteiger partial charge in [0, 0.05) is 23.8 Å². The van der Waals surface area contributed by atoms with Crippen LogP contribution in [0.1, 0.15) is 11.1 Å². The number of aromatic amines is 1. The van der Waals surface area contributed by atoms with Crippen molar-refractivity contribution in [3.8, 4) is 23.1 Å². The number of rotatable bonds is 5. The monoisotopic (exact) mass is 385 g/mol. The maximum Gasteiger partial charge on any atom is 0.270 e. The van der Waals surface area contributed by atoms with E-state index in [1.807, 2.05) is 6.07 Å². The molecule has 0 aliphatic carbocycles. The van der Waals surface area contributed by atoms with E-state index < -0.39 is 17.2 Å². The summed E-state index contributed by atoms with van der Waals surface area (Å²) in [4.78, 5) is 18.8. The molecular weight excluding hydrogens is 372 g/mol. The Morgan fingerprint density at radius 1 is 1.19 bits per heavy atom. The van der Waals surface area contributed by atoms with Crippen LogP contribution in [-0.2, 0) is 6.61 Å². The average Bonchev–Trinajstić information content (AvgIpc) is 2.65. The quantitative estimate of drug-likeness (QED) is 0.533. The number of aromatic nitrogens is 2. The number of thioether (sulfide) groups is 1. The van der Waals surface area contributed by atoms with E-state index in [2.05, 4.69) is 9.97 Å². The summed E-state index contributed by atoms with van der Waals surface area (Å²) in [5, 5.41) is 9.65. The Hall–Kier alpha value is -3.18. The zero-order valence-corrected chi connectivity index (χ0v) is 14.9. The van der Waals surface area contributed by atoms with Crippen LogP contribution in [-0.4, -0.2) is 16.2 Å². The summed E-state index contributed by atoms with van der Waals surface area (Å²) >= 11 is 1.26. The van der Waals surface area contributed by atoms with E-state index in [1.54, 1.807) is 30.5 Å². The molecule has 0 spiro atoms. The van der Waals surface area contributed by atoms with E-state index in [9.17, 15) is 18.8 Å². The lowest BCUT2D eigenvalue weighted by Gasteiger charge is -2.08. The van der Waals surface area contributed by atoms with E-state index in [-0.39, 0.29) is 17.9 Å². The number of hydrogen-bond acceptors (Lipinski definition) is 5. The van der Waals surface area contributed by atoms with Crippen molar-refractivity contribution in [3.05, 3.63) is 75.6 Å². The molecule has 1 aromatic heterocycles. The van der Waals surface area contributed by atoms with Crippen molar-refractivity contribution in [2.45, 2.75) is 11.8 Å². The minimum Gasteiger partial charge on any atom is -0.489 e. The molecule has 0 atom stereocenters. The maximum absolute atomic E-state index is 13.2. The standard InChI is InChI=1S/C19H13F2N3O2S/c1-27-19-23-17(16(9-22)18(25)24-19)12-4-2-11(3-5-12)10-26-15-7-13(20)6-14(21)8-15/h2-8H,10H2,1H3,(H,23,24,25). The first-order chi connectivity index (χ1) is 13.0. The fourth-order valence-corrected chi connectivity index (χ4v) is 2.78. The van der Waals surface area contributed by atoms with Gasteiger partial charge in [0.05, 0.1) is 5.69 Å². The molecule has 0 aliphatic heterocycles. The number of benzene rings is 2. The van der Waals surface area contributed by atoms with Gasteiger partial charge < -0.3 is 9.72 Å². The van der Waals surface area contributed by atoms with Crippen LogP contribution in [0, 0.1) is 23.0 Å². The molecule has 0 bridgehead atoms. The third-order valence-electron chi connectivity index (χ3n) is 3.67. The van der Waals surface area contributed by atoms with Gasteiger partial charge in [0.25, 0.3) is 5.56 Å². The van der Waals surface area contributed by atoms with Crippen molar-refractivity contribution in [2.75, 3.05) is 6.26 Å². The third kappa shape index (κ3) is 4.33. The molecule has 2 aromatic carbocycles. The predicted molar refractivity (Wildman–Crippen MR) is 97.5 cm³/mol. The van der Waals surface area contributed by atoms with E-state index in [0.29, 0.717) is 16.4 Å². The highest BCUT2D eigenvalue weighted by Crippen LogP contribution is 2.22. The minimum atomic E-state index is -0.714. The summed E-state index contributed by atoms with van der Waals surface area (Å²) < 4.78 is 31.7. The molecule has 136 valence electrons. The number of halogens is 2. The van der Waals surface area contributed by atoms with Gasteiger partial charge in [-0.15, -0.1) is 0 Å². The zero-order chi connectivity index (χ0) is 19.4. The van der Waals surface area contributed by atoms with Crippen LogP contribution in [0.15, 0.2) is 52.4 Å². The van der Waals surface area contributed by atoms with Crippen LogP contribution in [0.5, 0.6) is 5.75 Å². The second-order valence-corrected chi connectivity index (χ2v) is 6.30. The smallest absolute Gasteiger partial charge is 0.270 e. The van der Waals surface area contributed by atoms with Gasteiger partial charge in [0.15, 0.2) is 5.16 Å². The van der Waals surface area contributed by atoms with Gasteiger partial charge in [0.2, 0.25) is 0 Å². The maximum atomic E-state index is 13.2. The summed E-state index contributed by atoms with van der Waals surface area (Å²) in [6.45, 7) is 0.104.